The fourth-order valence-electron chi connectivity index (χ4n) is 3.62. The first-order valence-electron chi connectivity index (χ1n) is 9.19. The highest BCUT2D eigenvalue weighted by molar-refractivity contribution is 6.20. The van der Waals surface area contributed by atoms with E-state index in [1.165, 1.54) is 0 Å². The number of ether oxygens (including phenoxy) is 1. The number of rotatable bonds is 2. The van der Waals surface area contributed by atoms with Crippen molar-refractivity contribution in [3.63, 3.8) is 0 Å². The van der Waals surface area contributed by atoms with Gasteiger partial charge in [-0.1, -0.05) is 6.08 Å². The van der Waals surface area contributed by atoms with Gasteiger partial charge in [0.25, 0.3) is 0 Å². The Balaban J connectivity index is 1.65. The lowest BCUT2D eigenvalue weighted by atomic mass is 10.1. The van der Waals surface area contributed by atoms with Gasteiger partial charge in [-0.25, -0.2) is 9.98 Å². The van der Waals surface area contributed by atoms with Crippen molar-refractivity contribution in [2.45, 2.75) is 19.1 Å². The van der Waals surface area contributed by atoms with E-state index in [0.29, 0.717) is 6.61 Å². The number of nitrogens with zero attached hydrogens (tertiary/aromatic N) is 2. The number of aromatic amines is 1. The topological polar surface area (TPSA) is 61.8 Å². The Bertz CT molecular complexity index is 1140. The fraction of sp³-hybridized carbons (Fsp3) is 0.182. The second-order valence-electron chi connectivity index (χ2n) is 6.85. The minimum atomic E-state index is -0.572. The van der Waals surface area contributed by atoms with Crippen molar-refractivity contribution in [2.75, 3.05) is 6.61 Å². The van der Waals surface area contributed by atoms with E-state index >= 15 is 0 Å². The molecule has 1 atom stereocenters. The number of hydrogen-bond donors (Lipinski definition) is 2. The average Bonchev–Trinajstić information content (AvgIpc) is 3.40. The first-order valence-corrected chi connectivity index (χ1v) is 9.19. The Hall–Kier alpha value is -3.18. The van der Waals surface area contributed by atoms with Gasteiger partial charge in [0.1, 0.15) is 0 Å². The monoisotopic (exact) mass is 356 g/mol. The van der Waals surface area contributed by atoms with Gasteiger partial charge < -0.3 is 15.0 Å². The second-order valence-corrected chi connectivity index (χ2v) is 6.85. The summed E-state index contributed by atoms with van der Waals surface area (Å²) in [5, 5.41) is 5.54. The van der Waals surface area contributed by atoms with Crippen LogP contribution in [-0.4, -0.2) is 28.7 Å². The highest BCUT2D eigenvalue weighted by Gasteiger charge is 2.33. The molecule has 5 heteroatoms. The lowest BCUT2D eigenvalue weighted by molar-refractivity contribution is -0.00985. The quantitative estimate of drug-likeness (QED) is 0.851. The predicted molar refractivity (Wildman–Crippen MR) is 108 cm³/mol. The third-order valence-corrected chi connectivity index (χ3v) is 4.77. The number of H-pyrrole nitrogens is 1. The van der Waals surface area contributed by atoms with Gasteiger partial charge in [-0.05, 0) is 67.7 Å². The van der Waals surface area contributed by atoms with Crippen LogP contribution in [0.1, 0.15) is 13.3 Å². The van der Waals surface area contributed by atoms with E-state index in [1.54, 1.807) is 0 Å². The maximum absolute atomic E-state index is 6.07. The largest absolute Gasteiger partial charge is 0.355 e. The molecule has 2 N–H and O–H groups in total. The van der Waals surface area contributed by atoms with Crippen LogP contribution in [0.25, 0.3) is 12.2 Å². The van der Waals surface area contributed by atoms with Crippen LogP contribution in [0.2, 0.25) is 0 Å². The van der Waals surface area contributed by atoms with Gasteiger partial charge in [0.2, 0.25) is 0 Å². The number of aromatic nitrogens is 1. The smallest absolute Gasteiger partial charge is 0.163 e. The molecule has 0 radical (unpaired) electrons. The maximum atomic E-state index is 6.07. The molecule has 4 aliphatic heterocycles. The third kappa shape index (κ3) is 3.17. The van der Waals surface area contributed by atoms with Gasteiger partial charge in [0.05, 0.1) is 22.8 Å². The summed E-state index contributed by atoms with van der Waals surface area (Å²) in [6.45, 7) is 2.62. The van der Waals surface area contributed by atoms with E-state index in [4.69, 9.17) is 9.73 Å². The van der Waals surface area contributed by atoms with E-state index in [1.807, 2.05) is 55.5 Å². The zero-order valence-corrected chi connectivity index (χ0v) is 15.1. The number of nitrogens with one attached hydrogen (secondary N) is 2. The van der Waals surface area contributed by atoms with Crippen molar-refractivity contribution in [3.8, 4) is 0 Å². The molecule has 0 aromatic carbocycles. The summed E-state index contributed by atoms with van der Waals surface area (Å²) in [5.74, 6) is 0. The Kier molecular flexibility index (Phi) is 3.69. The van der Waals surface area contributed by atoms with E-state index in [9.17, 15) is 0 Å². The Morgan fingerprint density at radius 3 is 2.41 bits per heavy atom. The third-order valence-electron chi connectivity index (χ3n) is 4.77. The normalized spacial score (nSPS) is 25.0. The Morgan fingerprint density at radius 1 is 0.963 bits per heavy atom. The fourth-order valence-corrected chi connectivity index (χ4v) is 3.62. The average molecular weight is 356 g/mol. The molecule has 0 fully saturated rings. The molecule has 5 nitrogen and oxygen atoms in total. The highest BCUT2D eigenvalue weighted by Crippen LogP contribution is 2.28. The van der Waals surface area contributed by atoms with Gasteiger partial charge in [-0.2, -0.15) is 0 Å². The van der Waals surface area contributed by atoms with Crippen molar-refractivity contribution in [3.05, 3.63) is 82.5 Å². The van der Waals surface area contributed by atoms with E-state index in [0.717, 1.165) is 45.6 Å². The Labute approximate surface area is 157 Å². The first kappa shape index (κ1) is 16.0. The molecule has 0 spiro atoms. The number of fused-ring (bicyclic) bond motifs is 6. The molecule has 5 rings (SSSR count). The summed E-state index contributed by atoms with van der Waals surface area (Å²) in [5.41, 5.74) is 4.10. The van der Waals surface area contributed by atoms with Crippen molar-refractivity contribution in [1.29, 1.82) is 0 Å². The molecule has 1 aromatic heterocycles. The number of allylic oxidation sites excluding steroid dienone is 5. The maximum Gasteiger partial charge on any atom is 0.163 e. The first-order chi connectivity index (χ1) is 13.2. The standard InChI is InChI=1S/C22H20N4O/c1-2-27-22-10-9-20(26-22)13-19-6-5-16(24-19)11-15-3-4-17(23-15)12-18-7-8-21(14-22)25-18/h3-9,11-14,23,26H,2,10H2,1H3. The van der Waals surface area contributed by atoms with Gasteiger partial charge in [0, 0.05) is 29.4 Å². The van der Waals surface area contributed by atoms with Crippen LogP contribution in [-0.2, 0) is 4.74 Å². The van der Waals surface area contributed by atoms with Crippen LogP contribution >= 0.6 is 0 Å². The molecule has 27 heavy (non-hydrogen) atoms. The minimum absolute atomic E-state index is 0.572. The molecule has 8 bridgehead atoms. The van der Waals surface area contributed by atoms with Crippen LogP contribution in [0.4, 0.5) is 0 Å². The Morgan fingerprint density at radius 2 is 1.67 bits per heavy atom. The highest BCUT2D eigenvalue weighted by atomic mass is 16.5. The summed E-state index contributed by atoms with van der Waals surface area (Å²) < 4.78 is 6.07. The molecule has 1 unspecified atom stereocenters. The van der Waals surface area contributed by atoms with Gasteiger partial charge in [-0.3, -0.25) is 0 Å². The predicted octanol–water partition coefficient (Wildman–Crippen LogP) is 1.99. The molecule has 0 saturated carbocycles. The minimum Gasteiger partial charge on any atom is -0.355 e. The molecule has 0 amide bonds. The van der Waals surface area contributed by atoms with Crippen LogP contribution in [0.3, 0.4) is 0 Å². The van der Waals surface area contributed by atoms with E-state index < -0.39 is 5.72 Å². The van der Waals surface area contributed by atoms with Crippen LogP contribution in [0, 0.1) is 0 Å². The van der Waals surface area contributed by atoms with Gasteiger partial charge >= 0.3 is 0 Å². The lowest BCUT2D eigenvalue weighted by Crippen LogP contribution is -2.41. The van der Waals surface area contributed by atoms with Crippen LogP contribution < -0.4 is 16.0 Å². The second kappa shape index (κ2) is 6.21. The summed E-state index contributed by atoms with van der Waals surface area (Å²) in [6.07, 6.45) is 19.2. The van der Waals surface area contributed by atoms with Crippen molar-refractivity contribution in [1.82, 2.24) is 10.3 Å². The molecule has 0 aliphatic carbocycles. The molecular weight excluding hydrogens is 336 g/mol. The molecule has 134 valence electrons. The van der Waals surface area contributed by atoms with E-state index in [2.05, 4.69) is 33.5 Å². The van der Waals surface area contributed by atoms with E-state index in [-0.39, 0.29) is 0 Å². The van der Waals surface area contributed by atoms with Crippen molar-refractivity contribution in [2.24, 2.45) is 9.98 Å². The summed E-state index contributed by atoms with van der Waals surface area (Å²) in [4.78, 5) is 12.8. The van der Waals surface area contributed by atoms with Crippen molar-refractivity contribution < 1.29 is 4.74 Å². The number of aliphatic imine (C=N–C) groups is 2. The summed E-state index contributed by atoms with van der Waals surface area (Å²) in [6, 6.07) is 4.10. The SMILES string of the molecule is CCOC12C=C3C=CC(=N3)C=c3ccc([nH]3)=CC3=NC(=CC(=CC1)N2)C=C3. The molecule has 0 saturated heterocycles. The molecule has 4 aliphatic rings. The van der Waals surface area contributed by atoms with Crippen molar-refractivity contribution >= 4 is 23.6 Å². The van der Waals surface area contributed by atoms with Crippen LogP contribution in [0.15, 0.2) is 81.7 Å². The number of hydrogen-bond acceptors (Lipinski definition) is 4. The molecule has 5 heterocycles. The summed E-state index contributed by atoms with van der Waals surface area (Å²) >= 11 is 0. The zero-order chi connectivity index (χ0) is 18.3. The molecule has 1 aromatic rings. The summed E-state index contributed by atoms with van der Waals surface area (Å²) in [7, 11) is 0. The zero-order valence-electron chi connectivity index (χ0n) is 15.1. The molecular formula is C22H20N4O. The van der Waals surface area contributed by atoms with Gasteiger partial charge in [0.15, 0.2) is 5.72 Å². The van der Waals surface area contributed by atoms with Gasteiger partial charge in [-0.15, -0.1) is 0 Å². The lowest BCUT2D eigenvalue weighted by Gasteiger charge is -2.27. The van der Waals surface area contributed by atoms with Crippen LogP contribution in [0.5, 0.6) is 0 Å².